The molecule has 1 saturated heterocycles. The molecular weight excluding hydrogens is 278 g/mol. The molecule has 0 radical (unpaired) electrons. The number of hydrogen-bond donors (Lipinski definition) is 4. The molecule has 112 valence electrons. The zero-order valence-corrected chi connectivity index (χ0v) is 12.1. The number of nitrogens with one attached hydrogen (secondary N) is 2. The highest BCUT2D eigenvalue weighted by Crippen LogP contribution is 2.23. The second-order valence-electron chi connectivity index (χ2n) is 4.70. The fourth-order valence-electron chi connectivity index (χ4n) is 2.24. The Bertz CT molecular complexity index is 396. The number of hydrogen-bond acceptors (Lipinski definition) is 4. The molecule has 0 aliphatic carbocycles. The van der Waals surface area contributed by atoms with Crippen LogP contribution in [0.4, 0.5) is 0 Å². The van der Waals surface area contributed by atoms with Crippen LogP contribution in [0.5, 0.6) is 0 Å². The van der Waals surface area contributed by atoms with Crippen LogP contribution in [0, 0.1) is 5.92 Å². The summed E-state index contributed by atoms with van der Waals surface area (Å²) in [5.74, 6) is -0.261. The molecule has 0 saturated carbocycles. The minimum atomic E-state index is -0.388. The smallest absolute Gasteiger partial charge is 0.237 e. The van der Waals surface area contributed by atoms with Gasteiger partial charge in [-0.05, 0) is 12.0 Å². The van der Waals surface area contributed by atoms with Crippen LogP contribution < -0.4 is 16.4 Å². The van der Waals surface area contributed by atoms with E-state index in [4.69, 9.17) is 22.4 Å². The minimum absolute atomic E-state index is 0.0571. The third-order valence-electron chi connectivity index (χ3n) is 3.23. The van der Waals surface area contributed by atoms with Gasteiger partial charge in [0.25, 0.3) is 0 Å². The van der Waals surface area contributed by atoms with Crippen LogP contribution >= 0.6 is 11.6 Å². The van der Waals surface area contributed by atoms with Gasteiger partial charge in [0.15, 0.2) is 0 Å². The molecule has 1 rings (SSSR count). The van der Waals surface area contributed by atoms with E-state index in [0.717, 1.165) is 5.57 Å². The normalized spacial score (nSPS) is 26.4. The maximum atomic E-state index is 12.1. The number of nitrogens with two attached hydrogens (primary N) is 1. The highest BCUT2D eigenvalue weighted by atomic mass is 35.5. The molecule has 5 N–H and O–H groups in total. The van der Waals surface area contributed by atoms with Gasteiger partial charge in [0.2, 0.25) is 5.91 Å². The average molecular weight is 300 g/mol. The van der Waals surface area contributed by atoms with E-state index in [2.05, 4.69) is 17.2 Å². The lowest BCUT2D eigenvalue weighted by molar-refractivity contribution is -0.123. The molecule has 3 atom stereocenters. The molecule has 1 heterocycles. The van der Waals surface area contributed by atoms with E-state index in [-0.39, 0.29) is 30.5 Å². The van der Waals surface area contributed by atoms with Gasteiger partial charge < -0.3 is 21.5 Å². The summed E-state index contributed by atoms with van der Waals surface area (Å²) in [6, 6.07) is -0.540. The van der Waals surface area contributed by atoms with E-state index in [1.54, 1.807) is 12.2 Å². The number of rotatable bonds is 7. The molecule has 1 amide bonds. The second kappa shape index (κ2) is 8.92. The summed E-state index contributed by atoms with van der Waals surface area (Å²) < 4.78 is 0. The zero-order valence-electron chi connectivity index (χ0n) is 11.4. The molecule has 6 heteroatoms. The lowest BCUT2D eigenvalue weighted by atomic mass is 9.88. The lowest BCUT2D eigenvalue weighted by Crippen LogP contribution is -2.45. The largest absolute Gasteiger partial charge is 0.396 e. The van der Waals surface area contributed by atoms with Gasteiger partial charge in [-0.15, -0.1) is 0 Å². The maximum Gasteiger partial charge on any atom is 0.237 e. The first-order valence-corrected chi connectivity index (χ1v) is 7.05. The van der Waals surface area contributed by atoms with E-state index in [1.807, 2.05) is 6.08 Å². The van der Waals surface area contributed by atoms with Crippen molar-refractivity contribution in [2.45, 2.75) is 18.5 Å². The van der Waals surface area contributed by atoms with Crippen LogP contribution in [0.3, 0.4) is 0 Å². The Morgan fingerprint density at radius 2 is 2.30 bits per heavy atom. The van der Waals surface area contributed by atoms with Crippen molar-refractivity contribution >= 4 is 17.5 Å². The Labute approximate surface area is 124 Å². The fraction of sp³-hybridized carbons (Fsp3) is 0.500. The van der Waals surface area contributed by atoms with Crippen molar-refractivity contribution in [2.75, 3.05) is 19.7 Å². The Hall–Kier alpha value is -1.14. The molecule has 0 aromatic rings. The van der Waals surface area contributed by atoms with Crippen LogP contribution in [0.15, 0.2) is 35.9 Å². The highest BCUT2D eigenvalue weighted by molar-refractivity contribution is 6.25. The molecule has 1 aliphatic rings. The van der Waals surface area contributed by atoms with Crippen molar-refractivity contribution in [3.63, 3.8) is 0 Å². The van der Waals surface area contributed by atoms with E-state index >= 15 is 0 Å². The molecule has 1 unspecified atom stereocenters. The molecule has 1 fully saturated rings. The summed E-state index contributed by atoms with van der Waals surface area (Å²) in [6.45, 7) is 5.06. The first-order valence-electron chi connectivity index (χ1n) is 6.61. The minimum Gasteiger partial charge on any atom is -0.396 e. The summed E-state index contributed by atoms with van der Waals surface area (Å²) in [6.07, 6.45) is 5.79. The third-order valence-corrected chi connectivity index (χ3v) is 3.38. The zero-order chi connectivity index (χ0) is 15.0. The van der Waals surface area contributed by atoms with Crippen molar-refractivity contribution < 1.29 is 9.90 Å². The van der Waals surface area contributed by atoms with Gasteiger partial charge in [-0.1, -0.05) is 36.4 Å². The molecule has 1 aliphatic heterocycles. The van der Waals surface area contributed by atoms with Gasteiger partial charge in [0, 0.05) is 37.2 Å². The maximum absolute atomic E-state index is 12.1. The van der Waals surface area contributed by atoms with Gasteiger partial charge in [-0.3, -0.25) is 4.79 Å². The molecule has 0 aromatic heterocycles. The number of carbonyl (C=O) groups is 1. The predicted octanol–water partition coefficient (Wildman–Crippen LogP) is 0.265. The van der Waals surface area contributed by atoms with Crippen molar-refractivity contribution in [1.82, 2.24) is 10.6 Å². The van der Waals surface area contributed by atoms with Crippen molar-refractivity contribution in [2.24, 2.45) is 11.7 Å². The van der Waals surface area contributed by atoms with E-state index in [9.17, 15) is 4.79 Å². The average Bonchev–Trinajstić information content (AvgIpc) is 2.81. The van der Waals surface area contributed by atoms with Crippen molar-refractivity contribution in [3.8, 4) is 0 Å². The summed E-state index contributed by atoms with van der Waals surface area (Å²) in [7, 11) is 0. The Kier molecular flexibility index (Phi) is 7.54. The van der Waals surface area contributed by atoms with Gasteiger partial charge in [-0.25, -0.2) is 0 Å². The van der Waals surface area contributed by atoms with Crippen LogP contribution in [0.2, 0.25) is 0 Å². The summed E-state index contributed by atoms with van der Waals surface area (Å²) in [4.78, 5) is 12.1. The standard InChI is InChI=1S/C14H22ClN3O2/c1-10(5-2-3-6-15)12-11(16)9-18-13(12)14(20)17-7-4-8-19/h2-3,5-6,11-13,18-19H,1,4,7-9,16H2,(H,17,20)/b5-2-,6-3+/t11?,12-,13-/m1/s1. The van der Waals surface area contributed by atoms with Crippen LogP contribution in [-0.4, -0.2) is 42.8 Å². The van der Waals surface area contributed by atoms with E-state index < -0.39 is 0 Å². The SMILES string of the molecule is C=C(/C=C\C=C\Cl)[C@@H]1C(N)CN[C@H]1C(=O)NCCCO. The summed E-state index contributed by atoms with van der Waals surface area (Å²) in [5, 5.41) is 14.6. The van der Waals surface area contributed by atoms with E-state index in [0.29, 0.717) is 19.5 Å². The highest BCUT2D eigenvalue weighted by Gasteiger charge is 2.38. The Morgan fingerprint density at radius 1 is 1.55 bits per heavy atom. The summed E-state index contributed by atoms with van der Waals surface area (Å²) >= 11 is 5.44. The first kappa shape index (κ1) is 16.9. The third kappa shape index (κ3) is 4.76. The number of aliphatic hydroxyl groups is 1. The lowest BCUT2D eigenvalue weighted by Gasteiger charge is -2.22. The van der Waals surface area contributed by atoms with Crippen molar-refractivity contribution in [1.29, 1.82) is 0 Å². The first-order chi connectivity index (χ1) is 9.61. The van der Waals surface area contributed by atoms with Crippen LogP contribution in [-0.2, 0) is 4.79 Å². The molecule has 0 bridgehead atoms. The van der Waals surface area contributed by atoms with Crippen LogP contribution in [0.1, 0.15) is 6.42 Å². The van der Waals surface area contributed by atoms with Gasteiger partial charge in [-0.2, -0.15) is 0 Å². The van der Waals surface area contributed by atoms with Gasteiger partial charge in [0.1, 0.15) is 0 Å². The van der Waals surface area contributed by atoms with Crippen LogP contribution in [0.25, 0.3) is 0 Å². The second-order valence-corrected chi connectivity index (χ2v) is 4.95. The van der Waals surface area contributed by atoms with Crippen molar-refractivity contribution in [3.05, 3.63) is 35.9 Å². The monoisotopic (exact) mass is 299 g/mol. The molecule has 20 heavy (non-hydrogen) atoms. The molecule has 5 nitrogen and oxygen atoms in total. The quantitative estimate of drug-likeness (QED) is 0.401. The number of aliphatic hydroxyl groups excluding tert-OH is 1. The summed E-state index contributed by atoms with van der Waals surface area (Å²) in [5.41, 5.74) is 8.24. The number of amides is 1. The topological polar surface area (TPSA) is 87.4 Å². The number of halogens is 1. The molecule has 0 spiro atoms. The molecule has 0 aromatic carbocycles. The fourth-order valence-corrected chi connectivity index (χ4v) is 2.33. The Morgan fingerprint density at radius 3 is 2.95 bits per heavy atom. The Balaban J connectivity index is 2.65. The van der Waals surface area contributed by atoms with E-state index in [1.165, 1.54) is 5.54 Å². The van der Waals surface area contributed by atoms with Gasteiger partial charge >= 0.3 is 0 Å². The predicted molar refractivity (Wildman–Crippen MR) is 81.2 cm³/mol. The number of carbonyl (C=O) groups excluding carboxylic acids is 1. The molecular formula is C14H22ClN3O2. The number of allylic oxidation sites excluding steroid dienone is 3. The van der Waals surface area contributed by atoms with Gasteiger partial charge in [0.05, 0.1) is 6.04 Å².